The van der Waals surface area contributed by atoms with Crippen LogP contribution in [-0.2, 0) is 20.8 Å². The normalized spacial score (nSPS) is 20.4. The van der Waals surface area contributed by atoms with Gasteiger partial charge in [0.1, 0.15) is 17.1 Å². The first-order chi connectivity index (χ1) is 19.3. The summed E-state index contributed by atoms with van der Waals surface area (Å²) < 4.78 is 23.6. The number of hydrogen-bond acceptors (Lipinski definition) is 9. The maximum atomic E-state index is 14.1. The van der Waals surface area contributed by atoms with E-state index in [2.05, 4.69) is 22.2 Å². The van der Waals surface area contributed by atoms with E-state index in [4.69, 9.17) is 47.1 Å². The average molecular weight is 590 g/mol. The fraction of sp³-hybridized carbons (Fsp3) is 0.407. The molecule has 40 heavy (non-hydrogen) atoms. The maximum Gasteiger partial charge on any atom is 0.260 e. The van der Waals surface area contributed by atoms with E-state index in [0.717, 1.165) is 6.42 Å². The number of methoxy groups -OCH3 is 2. The van der Waals surface area contributed by atoms with Crippen molar-refractivity contribution in [3.05, 3.63) is 51.4 Å². The van der Waals surface area contributed by atoms with Crippen molar-refractivity contribution in [2.45, 2.75) is 25.0 Å². The molecule has 1 amide bonds. The Morgan fingerprint density at radius 1 is 1.15 bits per heavy atom. The number of aromatic nitrogens is 3. The third kappa shape index (κ3) is 5.46. The Hall–Kier alpha value is -3.38. The zero-order valence-electron chi connectivity index (χ0n) is 22.0. The van der Waals surface area contributed by atoms with Crippen molar-refractivity contribution in [2.24, 2.45) is 5.92 Å². The molecule has 3 aromatic rings. The Kier molecular flexibility index (Phi) is 8.46. The molecular formula is C27H29Cl2N5O6. The van der Waals surface area contributed by atoms with Gasteiger partial charge in [-0.2, -0.15) is 4.98 Å². The van der Waals surface area contributed by atoms with Crippen molar-refractivity contribution in [2.75, 3.05) is 46.0 Å². The Morgan fingerprint density at radius 3 is 2.52 bits per heavy atom. The van der Waals surface area contributed by atoms with Crippen molar-refractivity contribution in [3.8, 4) is 22.6 Å². The van der Waals surface area contributed by atoms with Crippen LogP contribution in [0.5, 0.6) is 11.5 Å². The number of nitrogens with zero attached hydrogens (tertiary/aromatic N) is 3. The minimum atomic E-state index is -0.330. The van der Waals surface area contributed by atoms with Crippen molar-refractivity contribution < 1.29 is 23.7 Å². The number of amides is 1. The monoisotopic (exact) mass is 589 g/mol. The van der Waals surface area contributed by atoms with Crippen LogP contribution >= 0.6 is 23.2 Å². The lowest BCUT2D eigenvalue weighted by Crippen LogP contribution is -2.45. The highest BCUT2D eigenvalue weighted by atomic mass is 35.5. The number of fused-ring (bicyclic) bond motifs is 1. The Bertz CT molecular complexity index is 1480. The van der Waals surface area contributed by atoms with E-state index >= 15 is 0 Å². The standard InChI is InChI=1S/C27H29Cl2N5O6/c1-4-21(35)31-17-12-40-13-18(17)32-27-30-9-15-7-16(22-23(28)19(37-2)8-20(38-3)24(22)29)26(36)34(25(15)33-27)10-14-5-6-39-11-14/h4,7-9,14,17-18H,1,5-6,10-13H2,2-3H3,(H,31,35)(H,30,32,33)/t14?,17-,18+/m0/s1. The molecule has 4 heterocycles. The lowest BCUT2D eigenvalue weighted by Gasteiger charge is -2.21. The first-order valence-electron chi connectivity index (χ1n) is 12.7. The second kappa shape index (κ2) is 12.0. The highest BCUT2D eigenvalue weighted by Gasteiger charge is 2.30. The molecule has 212 valence electrons. The van der Waals surface area contributed by atoms with Crippen LogP contribution < -0.4 is 25.7 Å². The molecule has 3 atom stereocenters. The third-order valence-corrected chi connectivity index (χ3v) is 7.79. The van der Waals surface area contributed by atoms with Gasteiger partial charge in [-0.05, 0) is 18.6 Å². The number of anilines is 1. The molecule has 13 heteroatoms. The lowest BCUT2D eigenvalue weighted by atomic mass is 10.0. The summed E-state index contributed by atoms with van der Waals surface area (Å²) in [7, 11) is 2.95. The zero-order chi connectivity index (χ0) is 28.4. The molecule has 0 spiro atoms. The summed E-state index contributed by atoms with van der Waals surface area (Å²) in [6, 6.07) is 2.67. The zero-order valence-corrected chi connectivity index (χ0v) is 23.6. The van der Waals surface area contributed by atoms with Gasteiger partial charge in [-0.15, -0.1) is 0 Å². The molecule has 1 unspecified atom stereocenters. The number of hydrogen-bond donors (Lipinski definition) is 2. The summed E-state index contributed by atoms with van der Waals surface area (Å²) in [5.41, 5.74) is 0.669. The van der Waals surface area contributed by atoms with E-state index in [0.29, 0.717) is 67.0 Å². The predicted octanol–water partition coefficient (Wildman–Crippen LogP) is 3.30. The van der Waals surface area contributed by atoms with Gasteiger partial charge >= 0.3 is 0 Å². The predicted molar refractivity (Wildman–Crippen MR) is 152 cm³/mol. The molecule has 2 fully saturated rings. The average Bonchev–Trinajstić information content (AvgIpc) is 3.63. The molecule has 2 N–H and O–H groups in total. The highest BCUT2D eigenvalue weighted by molar-refractivity contribution is 6.41. The summed E-state index contributed by atoms with van der Waals surface area (Å²) in [5.74, 6) is 0.758. The lowest BCUT2D eigenvalue weighted by molar-refractivity contribution is -0.117. The first-order valence-corrected chi connectivity index (χ1v) is 13.5. The minimum absolute atomic E-state index is 0.120. The molecule has 2 saturated heterocycles. The number of carbonyl (C=O) groups excluding carboxylic acids is 1. The number of ether oxygens (including phenoxy) is 4. The van der Waals surface area contributed by atoms with Crippen LogP contribution in [0.1, 0.15) is 6.42 Å². The van der Waals surface area contributed by atoms with Gasteiger partial charge in [0.25, 0.3) is 5.56 Å². The number of nitrogens with one attached hydrogen (secondary N) is 2. The molecule has 0 aliphatic carbocycles. The van der Waals surface area contributed by atoms with Gasteiger partial charge in [0.2, 0.25) is 11.9 Å². The van der Waals surface area contributed by atoms with Crippen molar-refractivity contribution >= 4 is 46.1 Å². The van der Waals surface area contributed by atoms with Crippen LogP contribution in [0.15, 0.2) is 35.8 Å². The van der Waals surface area contributed by atoms with Crippen molar-refractivity contribution in [1.82, 2.24) is 19.9 Å². The van der Waals surface area contributed by atoms with Crippen LogP contribution in [-0.4, -0.2) is 73.2 Å². The molecule has 0 saturated carbocycles. The number of rotatable bonds is 9. The second-order valence-electron chi connectivity index (χ2n) is 9.57. The van der Waals surface area contributed by atoms with E-state index < -0.39 is 0 Å². The summed E-state index contributed by atoms with van der Waals surface area (Å²) in [6.07, 6.45) is 3.65. The molecule has 1 aromatic carbocycles. The van der Waals surface area contributed by atoms with Gasteiger partial charge in [0.05, 0.1) is 61.7 Å². The SMILES string of the molecule is C=CC(=O)N[C@H]1COC[C@H]1Nc1ncc2cc(-c3c(Cl)c(OC)cc(OC)c3Cl)c(=O)n(CC3CCOC3)c2n1. The van der Waals surface area contributed by atoms with E-state index in [-0.39, 0.29) is 45.1 Å². The van der Waals surface area contributed by atoms with E-state index in [1.54, 1.807) is 22.9 Å². The minimum Gasteiger partial charge on any atom is -0.495 e. The topological polar surface area (TPSA) is 126 Å². The van der Waals surface area contributed by atoms with Crippen molar-refractivity contribution in [3.63, 3.8) is 0 Å². The van der Waals surface area contributed by atoms with Gasteiger partial charge in [-0.1, -0.05) is 29.8 Å². The Balaban J connectivity index is 1.61. The van der Waals surface area contributed by atoms with Gasteiger partial charge in [-0.25, -0.2) is 4.98 Å². The van der Waals surface area contributed by atoms with Crippen LogP contribution in [0.4, 0.5) is 5.95 Å². The number of pyridine rings is 1. The fourth-order valence-corrected chi connectivity index (χ4v) is 5.64. The van der Waals surface area contributed by atoms with Crippen LogP contribution in [0.3, 0.4) is 0 Å². The van der Waals surface area contributed by atoms with E-state index in [1.807, 2.05) is 0 Å². The highest BCUT2D eigenvalue weighted by Crippen LogP contribution is 2.45. The van der Waals surface area contributed by atoms with Crippen LogP contribution in [0.2, 0.25) is 10.0 Å². The molecule has 11 nitrogen and oxygen atoms in total. The molecule has 0 bridgehead atoms. The van der Waals surface area contributed by atoms with Gasteiger partial charge < -0.3 is 29.6 Å². The molecule has 0 radical (unpaired) electrons. The van der Waals surface area contributed by atoms with Crippen LogP contribution in [0.25, 0.3) is 22.2 Å². The molecule has 5 rings (SSSR count). The summed E-state index contributed by atoms with van der Waals surface area (Å²) in [4.78, 5) is 35.1. The fourth-order valence-electron chi connectivity index (χ4n) is 4.93. The molecule has 2 aromatic heterocycles. The number of benzene rings is 1. The quantitative estimate of drug-likeness (QED) is 0.361. The molecular weight excluding hydrogens is 561 g/mol. The largest absolute Gasteiger partial charge is 0.495 e. The Labute approximate surface area is 240 Å². The summed E-state index contributed by atoms with van der Waals surface area (Å²) >= 11 is 13.4. The number of halogens is 2. The summed E-state index contributed by atoms with van der Waals surface area (Å²) in [5, 5.41) is 7.06. The van der Waals surface area contributed by atoms with E-state index in [1.165, 1.54) is 20.3 Å². The second-order valence-corrected chi connectivity index (χ2v) is 10.3. The van der Waals surface area contributed by atoms with Crippen molar-refractivity contribution in [1.29, 1.82) is 0 Å². The smallest absolute Gasteiger partial charge is 0.260 e. The number of carbonyl (C=O) groups is 1. The molecule has 2 aliphatic rings. The summed E-state index contributed by atoms with van der Waals surface area (Å²) in [6.45, 7) is 5.72. The van der Waals surface area contributed by atoms with Gasteiger partial charge in [0.15, 0.2) is 0 Å². The van der Waals surface area contributed by atoms with Gasteiger partial charge in [-0.3, -0.25) is 14.2 Å². The van der Waals surface area contributed by atoms with Gasteiger partial charge in [0, 0.05) is 42.3 Å². The van der Waals surface area contributed by atoms with E-state index in [9.17, 15) is 9.59 Å². The Morgan fingerprint density at radius 2 is 1.88 bits per heavy atom. The third-order valence-electron chi connectivity index (χ3n) is 7.04. The first kappa shape index (κ1) is 28.2. The molecule has 2 aliphatic heterocycles. The maximum absolute atomic E-state index is 14.1. The van der Waals surface area contributed by atoms with Crippen LogP contribution in [0, 0.1) is 5.92 Å².